The average molecular weight is 476 g/mol. The van der Waals surface area contributed by atoms with Gasteiger partial charge in [0.05, 0.1) is 11.4 Å². The van der Waals surface area contributed by atoms with Gasteiger partial charge in [-0.05, 0) is 50.3 Å². The number of nitrogens with one attached hydrogen (secondary N) is 1. The third kappa shape index (κ3) is 4.68. The minimum atomic E-state index is -3.70. The number of anilines is 1. The van der Waals surface area contributed by atoms with Crippen LogP contribution < -0.4 is 4.72 Å². The van der Waals surface area contributed by atoms with Crippen molar-refractivity contribution in [2.24, 2.45) is 0 Å². The first-order valence-corrected chi connectivity index (χ1v) is 13.5. The largest absolute Gasteiger partial charge is 0.338 e. The molecule has 3 heterocycles. The Kier molecular flexibility index (Phi) is 6.45. The monoisotopic (exact) mass is 475 g/mol. The van der Waals surface area contributed by atoms with Crippen LogP contribution in [0.25, 0.3) is 10.6 Å². The fraction of sp³-hybridized carbons (Fsp3) is 0.364. The van der Waals surface area contributed by atoms with Gasteiger partial charge in [-0.3, -0.25) is 9.52 Å². The van der Waals surface area contributed by atoms with Gasteiger partial charge < -0.3 is 4.90 Å². The number of benzene rings is 1. The first-order valence-electron chi connectivity index (χ1n) is 10.4. The molecule has 9 heteroatoms. The van der Waals surface area contributed by atoms with Gasteiger partial charge in [-0.2, -0.15) is 0 Å². The van der Waals surface area contributed by atoms with Crippen LogP contribution in [-0.4, -0.2) is 37.3 Å². The predicted octanol–water partition coefficient (Wildman–Crippen LogP) is 5.17. The Morgan fingerprint density at radius 1 is 1.19 bits per heavy atom. The highest BCUT2D eigenvalue weighted by molar-refractivity contribution is 7.94. The number of rotatable bonds is 6. The lowest BCUT2D eigenvalue weighted by molar-refractivity contribution is 0.0728. The zero-order chi connectivity index (χ0) is 22.0. The van der Waals surface area contributed by atoms with Crippen LogP contribution in [0.4, 0.5) is 5.69 Å². The van der Waals surface area contributed by atoms with Gasteiger partial charge in [0.25, 0.3) is 15.9 Å². The van der Waals surface area contributed by atoms with E-state index in [-0.39, 0.29) is 10.1 Å². The highest BCUT2D eigenvalue weighted by Crippen LogP contribution is 2.34. The molecular formula is C22H25N3O3S3. The number of likely N-dealkylation sites (tertiary alicyclic amines) is 1. The van der Waals surface area contributed by atoms with Crippen molar-refractivity contribution in [2.75, 3.05) is 17.8 Å². The lowest BCUT2D eigenvalue weighted by Crippen LogP contribution is -2.35. The number of piperidine rings is 1. The van der Waals surface area contributed by atoms with Gasteiger partial charge in [0.1, 0.15) is 14.1 Å². The summed E-state index contributed by atoms with van der Waals surface area (Å²) in [6, 6.07) is 9.03. The Labute approximate surface area is 191 Å². The van der Waals surface area contributed by atoms with Gasteiger partial charge in [-0.25, -0.2) is 13.4 Å². The van der Waals surface area contributed by atoms with Crippen molar-refractivity contribution in [1.29, 1.82) is 0 Å². The lowest BCUT2D eigenvalue weighted by atomic mass is 10.1. The summed E-state index contributed by atoms with van der Waals surface area (Å²) in [5, 5.41) is 2.46. The number of hydrogen-bond acceptors (Lipinski definition) is 6. The van der Waals surface area contributed by atoms with Crippen molar-refractivity contribution in [3.63, 3.8) is 0 Å². The van der Waals surface area contributed by atoms with Crippen molar-refractivity contribution < 1.29 is 13.2 Å². The standard InChI is InChI=1S/C22H25N3O3S3/c1-3-16-9-5-6-10-18(16)24-31(27,28)19-13-17(14-29-19)21-23-15(2)20(30-21)22(26)25-11-7-4-8-12-25/h5-6,9-10,13-14,24H,3-4,7-8,11-12H2,1-2H3. The first kappa shape index (κ1) is 22.0. The van der Waals surface area contributed by atoms with E-state index in [0.717, 1.165) is 54.8 Å². The van der Waals surface area contributed by atoms with Gasteiger partial charge >= 0.3 is 0 Å². The number of carbonyl (C=O) groups is 1. The van der Waals surface area contributed by atoms with Crippen LogP contribution >= 0.6 is 22.7 Å². The Morgan fingerprint density at radius 3 is 2.68 bits per heavy atom. The van der Waals surface area contributed by atoms with Gasteiger partial charge in [0.2, 0.25) is 0 Å². The summed E-state index contributed by atoms with van der Waals surface area (Å²) in [6.45, 7) is 5.41. The zero-order valence-corrected chi connectivity index (χ0v) is 20.0. The summed E-state index contributed by atoms with van der Waals surface area (Å²) < 4.78 is 28.8. The molecule has 6 nitrogen and oxygen atoms in total. The van der Waals surface area contributed by atoms with E-state index in [1.807, 2.05) is 36.9 Å². The van der Waals surface area contributed by atoms with Crippen LogP contribution in [0.2, 0.25) is 0 Å². The smallest absolute Gasteiger partial charge is 0.271 e. The Balaban J connectivity index is 1.57. The Morgan fingerprint density at radius 2 is 1.94 bits per heavy atom. The molecule has 1 aliphatic heterocycles. The highest BCUT2D eigenvalue weighted by Gasteiger charge is 2.25. The van der Waals surface area contributed by atoms with Crippen molar-refractivity contribution in [3.05, 3.63) is 51.8 Å². The quantitative estimate of drug-likeness (QED) is 0.533. The van der Waals surface area contributed by atoms with E-state index in [9.17, 15) is 13.2 Å². The second-order valence-electron chi connectivity index (χ2n) is 7.56. The number of carbonyl (C=O) groups excluding carboxylic acids is 1. The van der Waals surface area contributed by atoms with E-state index in [2.05, 4.69) is 9.71 Å². The minimum absolute atomic E-state index is 0.0295. The number of amides is 1. The van der Waals surface area contributed by atoms with Gasteiger partial charge in [0.15, 0.2) is 0 Å². The summed E-state index contributed by atoms with van der Waals surface area (Å²) in [4.78, 5) is 20.0. The summed E-state index contributed by atoms with van der Waals surface area (Å²) in [7, 11) is -3.70. The number of aromatic nitrogens is 1. The van der Waals surface area contributed by atoms with Crippen molar-refractivity contribution in [3.8, 4) is 10.6 Å². The highest BCUT2D eigenvalue weighted by atomic mass is 32.2. The number of thiophene rings is 1. The number of sulfonamides is 1. The normalized spacial score (nSPS) is 14.6. The molecule has 4 rings (SSSR count). The van der Waals surface area contributed by atoms with Crippen LogP contribution in [-0.2, 0) is 16.4 Å². The molecule has 0 bridgehead atoms. The second-order valence-corrected chi connectivity index (χ2v) is 11.4. The number of para-hydroxylation sites is 1. The number of aryl methyl sites for hydroxylation is 2. The number of thiazole rings is 1. The second kappa shape index (κ2) is 9.10. The summed E-state index contributed by atoms with van der Waals surface area (Å²) in [6.07, 6.45) is 3.98. The number of nitrogens with zero attached hydrogens (tertiary/aromatic N) is 2. The molecule has 2 aromatic heterocycles. The molecule has 0 unspecified atom stereocenters. The maximum Gasteiger partial charge on any atom is 0.271 e. The van der Waals surface area contributed by atoms with Crippen molar-refractivity contribution in [1.82, 2.24) is 9.88 Å². The number of hydrogen-bond donors (Lipinski definition) is 1. The SMILES string of the molecule is CCc1ccccc1NS(=O)(=O)c1cc(-c2nc(C)c(C(=O)N3CCCCC3)s2)cs1. The summed E-state index contributed by atoms with van der Waals surface area (Å²) in [5.41, 5.74) is 2.96. The molecule has 0 aliphatic carbocycles. The first-order chi connectivity index (χ1) is 14.9. The maximum absolute atomic E-state index is 12.9. The van der Waals surface area contributed by atoms with E-state index in [0.29, 0.717) is 21.3 Å². The minimum Gasteiger partial charge on any atom is -0.338 e. The lowest BCUT2D eigenvalue weighted by Gasteiger charge is -2.26. The van der Waals surface area contributed by atoms with E-state index < -0.39 is 10.0 Å². The van der Waals surface area contributed by atoms with Crippen LogP contribution in [0.5, 0.6) is 0 Å². The fourth-order valence-electron chi connectivity index (χ4n) is 3.65. The molecule has 164 valence electrons. The van der Waals surface area contributed by atoms with Crippen LogP contribution in [0, 0.1) is 6.92 Å². The van der Waals surface area contributed by atoms with E-state index in [1.54, 1.807) is 17.5 Å². The Bertz CT molecular complexity index is 1190. The van der Waals surface area contributed by atoms with Gasteiger partial charge in [-0.1, -0.05) is 25.1 Å². The molecule has 0 spiro atoms. The molecule has 31 heavy (non-hydrogen) atoms. The average Bonchev–Trinajstić information content (AvgIpc) is 3.41. The van der Waals surface area contributed by atoms with Crippen molar-refractivity contribution >= 4 is 44.3 Å². The molecule has 0 atom stereocenters. The van der Waals surface area contributed by atoms with Crippen LogP contribution in [0.15, 0.2) is 39.9 Å². The molecule has 1 N–H and O–H groups in total. The molecule has 0 saturated carbocycles. The van der Waals surface area contributed by atoms with Crippen LogP contribution in [0.3, 0.4) is 0 Å². The van der Waals surface area contributed by atoms with Gasteiger partial charge in [0, 0.05) is 24.0 Å². The third-order valence-corrected chi connectivity index (χ3v) is 9.36. The zero-order valence-electron chi connectivity index (χ0n) is 17.6. The van der Waals surface area contributed by atoms with Crippen molar-refractivity contribution in [2.45, 2.75) is 43.7 Å². The molecule has 0 radical (unpaired) electrons. The maximum atomic E-state index is 12.9. The van der Waals surface area contributed by atoms with E-state index in [4.69, 9.17) is 0 Å². The summed E-state index contributed by atoms with van der Waals surface area (Å²) in [5.74, 6) is 0.0295. The molecular weight excluding hydrogens is 450 g/mol. The molecule has 1 aromatic carbocycles. The third-order valence-electron chi connectivity index (χ3n) is 5.36. The van der Waals surface area contributed by atoms with Gasteiger partial charge in [-0.15, -0.1) is 22.7 Å². The molecule has 3 aromatic rings. The van der Waals surface area contributed by atoms with Crippen LogP contribution in [0.1, 0.15) is 47.1 Å². The topological polar surface area (TPSA) is 79.4 Å². The van der Waals surface area contributed by atoms with E-state index >= 15 is 0 Å². The molecule has 1 amide bonds. The molecule has 1 aliphatic rings. The molecule has 1 fully saturated rings. The molecule has 1 saturated heterocycles. The predicted molar refractivity (Wildman–Crippen MR) is 127 cm³/mol. The summed E-state index contributed by atoms with van der Waals surface area (Å²) >= 11 is 2.49. The fourth-order valence-corrected chi connectivity index (χ4v) is 7.01. The Hall–Kier alpha value is -2.23. The van der Waals surface area contributed by atoms with E-state index in [1.165, 1.54) is 17.8 Å².